The van der Waals surface area contributed by atoms with Crippen LogP contribution >= 0.6 is 46.5 Å². The molecule has 0 saturated heterocycles. The number of carbonyl (C=O) groups excluding carboxylic acids is 1. The molecule has 3 heterocycles. The standard InChI is InChI=1S/C27H20ClN5OS3/c28-18-12-10-17(11-13-18)21-14-36-26(29-21)31-24(34)16-37-27-30-22-15-35-23-9-5-4-8-20(23)25(22)33(27)32-19-6-2-1-3-7-19/h1-14,32H,15-16H2,(H,29,31,34). The van der Waals surface area contributed by atoms with Gasteiger partial charge < -0.3 is 5.32 Å². The van der Waals surface area contributed by atoms with Crippen molar-refractivity contribution >= 4 is 63.2 Å². The molecule has 1 aliphatic rings. The van der Waals surface area contributed by atoms with Crippen LogP contribution in [0, 0.1) is 0 Å². The summed E-state index contributed by atoms with van der Waals surface area (Å²) < 4.78 is 2.00. The maximum Gasteiger partial charge on any atom is 0.236 e. The Bertz CT molecular complexity index is 1570. The van der Waals surface area contributed by atoms with Crippen LogP contribution in [-0.2, 0) is 10.5 Å². The predicted octanol–water partition coefficient (Wildman–Crippen LogP) is 7.54. The number of hydrogen-bond donors (Lipinski definition) is 2. The summed E-state index contributed by atoms with van der Waals surface area (Å²) in [6.07, 6.45) is 0. The fourth-order valence-corrected chi connectivity index (χ4v) is 6.59. The number of anilines is 2. The van der Waals surface area contributed by atoms with Gasteiger partial charge in [-0.15, -0.1) is 23.1 Å². The molecular formula is C27H20ClN5OS3. The van der Waals surface area contributed by atoms with Gasteiger partial charge in [0.15, 0.2) is 10.3 Å². The first kappa shape index (κ1) is 24.1. The van der Waals surface area contributed by atoms with Crippen LogP contribution in [0.2, 0.25) is 5.02 Å². The number of para-hydroxylation sites is 1. The van der Waals surface area contributed by atoms with E-state index in [-0.39, 0.29) is 11.7 Å². The van der Waals surface area contributed by atoms with Gasteiger partial charge in [0.05, 0.1) is 28.5 Å². The number of carbonyl (C=O) groups is 1. The Hall–Kier alpha value is -3.24. The Balaban J connectivity index is 1.21. The molecule has 0 bridgehead atoms. The molecule has 3 aromatic carbocycles. The quantitative estimate of drug-likeness (QED) is 0.200. The molecule has 2 aromatic heterocycles. The van der Waals surface area contributed by atoms with Crippen LogP contribution in [0.25, 0.3) is 22.5 Å². The fraction of sp³-hybridized carbons (Fsp3) is 0.0741. The third-order valence-corrected chi connectivity index (χ3v) is 8.70. The normalized spacial score (nSPS) is 12.0. The number of fused-ring (bicyclic) bond motifs is 3. The first-order chi connectivity index (χ1) is 18.1. The lowest BCUT2D eigenvalue weighted by Crippen LogP contribution is -2.16. The van der Waals surface area contributed by atoms with Gasteiger partial charge in [0.25, 0.3) is 0 Å². The first-order valence-corrected chi connectivity index (χ1v) is 14.7. The van der Waals surface area contributed by atoms with Crippen molar-refractivity contribution in [2.24, 2.45) is 0 Å². The van der Waals surface area contributed by atoms with Crippen molar-refractivity contribution in [2.75, 3.05) is 16.5 Å². The molecule has 1 amide bonds. The molecule has 0 spiro atoms. The van der Waals surface area contributed by atoms with E-state index in [1.807, 2.05) is 70.7 Å². The fourth-order valence-electron chi connectivity index (χ4n) is 3.97. The van der Waals surface area contributed by atoms with Crippen LogP contribution < -0.4 is 10.7 Å². The number of imidazole rings is 1. The number of amides is 1. The summed E-state index contributed by atoms with van der Waals surface area (Å²) >= 11 is 10.6. The van der Waals surface area contributed by atoms with Gasteiger partial charge in [0, 0.05) is 32.2 Å². The minimum atomic E-state index is -0.135. The summed E-state index contributed by atoms with van der Waals surface area (Å²) in [4.78, 5) is 23.5. The zero-order valence-electron chi connectivity index (χ0n) is 19.3. The van der Waals surface area contributed by atoms with E-state index in [9.17, 15) is 4.79 Å². The van der Waals surface area contributed by atoms with Crippen LogP contribution in [0.5, 0.6) is 0 Å². The molecular weight excluding hydrogens is 542 g/mol. The van der Waals surface area contributed by atoms with Crippen LogP contribution in [0.4, 0.5) is 10.8 Å². The SMILES string of the molecule is O=C(CSc1nc2c(n1Nc1ccccc1)-c1ccccc1SC2)Nc1nc(-c2ccc(Cl)cc2)cs1. The van der Waals surface area contributed by atoms with Crippen molar-refractivity contribution in [3.8, 4) is 22.5 Å². The molecule has 37 heavy (non-hydrogen) atoms. The molecule has 184 valence electrons. The number of rotatable bonds is 7. The van der Waals surface area contributed by atoms with Gasteiger partial charge in [-0.05, 0) is 30.3 Å². The van der Waals surface area contributed by atoms with Crippen molar-refractivity contribution in [1.29, 1.82) is 0 Å². The molecule has 5 aromatic rings. The molecule has 0 saturated carbocycles. The zero-order chi connectivity index (χ0) is 25.2. The topological polar surface area (TPSA) is 71.8 Å². The smallest absolute Gasteiger partial charge is 0.236 e. The van der Waals surface area contributed by atoms with E-state index in [4.69, 9.17) is 16.6 Å². The van der Waals surface area contributed by atoms with E-state index in [1.165, 1.54) is 28.0 Å². The second kappa shape index (κ2) is 10.6. The average Bonchev–Trinajstić information content (AvgIpc) is 3.53. The summed E-state index contributed by atoms with van der Waals surface area (Å²) in [5.74, 6) is 0.850. The summed E-state index contributed by atoms with van der Waals surface area (Å²) in [6, 6.07) is 25.8. The molecule has 10 heteroatoms. The highest BCUT2D eigenvalue weighted by Crippen LogP contribution is 2.42. The van der Waals surface area contributed by atoms with Gasteiger partial charge in [-0.25, -0.2) is 14.6 Å². The molecule has 0 radical (unpaired) electrons. The average molecular weight is 562 g/mol. The van der Waals surface area contributed by atoms with Crippen molar-refractivity contribution in [2.45, 2.75) is 15.8 Å². The Labute approximate surface area is 231 Å². The molecule has 1 aliphatic heterocycles. The number of nitrogens with zero attached hydrogens (tertiary/aromatic N) is 3. The van der Waals surface area contributed by atoms with Crippen molar-refractivity contribution in [1.82, 2.24) is 14.6 Å². The Kier molecular flexibility index (Phi) is 6.93. The van der Waals surface area contributed by atoms with E-state index in [1.54, 1.807) is 11.8 Å². The lowest BCUT2D eigenvalue weighted by atomic mass is 10.1. The maximum atomic E-state index is 12.8. The highest BCUT2D eigenvalue weighted by Gasteiger charge is 2.26. The molecule has 0 unspecified atom stereocenters. The zero-order valence-corrected chi connectivity index (χ0v) is 22.6. The summed E-state index contributed by atoms with van der Waals surface area (Å²) in [5.41, 5.74) is 9.37. The Morgan fingerprint density at radius 3 is 2.62 bits per heavy atom. The number of hydrogen-bond acceptors (Lipinski definition) is 7. The van der Waals surface area contributed by atoms with E-state index in [0.717, 1.165) is 44.8 Å². The molecule has 2 N–H and O–H groups in total. The van der Waals surface area contributed by atoms with Gasteiger partial charge in [-0.2, -0.15) is 0 Å². The Morgan fingerprint density at radius 1 is 1.00 bits per heavy atom. The molecule has 6 rings (SSSR count). The first-order valence-electron chi connectivity index (χ1n) is 11.4. The van der Waals surface area contributed by atoms with Gasteiger partial charge in [-0.1, -0.05) is 71.9 Å². The monoisotopic (exact) mass is 561 g/mol. The number of halogens is 1. The summed E-state index contributed by atoms with van der Waals surface area (Å²) in [6.45, 7) is 0. The number of aromatic nitrogens is 3. The van der Waals surface area contributed by atoms with Crippen LogP contribution in [-0.4, -0.2) is 26.3 Å². The molecule has 0 aliphatic carbocycles. The van der Waals surface area contributed by atoms with Crippen LogP contribution in [0.3, 0.4) is 0 Å². The van der Waals surface area contributed by atoms with Gasteiger partial charge in [-0.3, -0.25) is 10.2 Å². The number of thioether (sulfide) groups is 2. The molecule has 0 fully saturated rings. The van der Waals surface area contributed by atoms with E-state index < -0.39 is 0 Å². The molecule has 0 atom stereocenters. The maximum absolute atomic E-state index is 12.8. The third-order valence-electron chi connectivity index (χ3n) is 5.66. The van der Waals surface area contributed by atoms with Crippen molar-refractivity contribution in [3.63, 3.8) is 0 Å². The minimum absolute atomic E-state index is 0.135. The highest BCUT2D eigenvalue weighted by atomic mass is 35.5. The van der Waals surface area contributed by atoms with Crippen molar-refractivity contribution < 1.29 is 4.79 Å². The van der Waals surface area contributed by atoms with Gasteiger partial charge in [0.2, 0.25) is 5.91 Å². The van der Waals surface area contributed by atoms with Gasteiger partial charge >= 0.3 is 0 Å². The summed E-state index contributed by atoms with van der Waals surface area (Å²) in [5, 5.41) is 6.82. The highest BCUT2D eigenvalue weighted by molar-refractivity contribution is 8.00. The molecule has 6 nitrogen and oxygen atoms in total. The van der Waals surface area contributed by atoms with E-state index in [2.05, 4.69) is 33.9 Å². The van der Waals surface area contributed by atoms with Crippen molar-refractivity contribution in [3.05, 3.63) is 95.0 Å². The predicted molar refractivity (Wildman–Crippen MR) is 155 cm³/mol. The number of thiazole rings is 1. The van der Waals surface area contributed by atoms with Crippen LogP contribution in [0.1, 0.15) is 5.69 Å². The largest absolute Gasteiger partial charge is 0.301 e. The van der Waals surface area contributed by atoms with Crippen LogP contribution in [0.15, 0.2) is 94.3 Å². The van der Waals surface area contributed by atoms with Gasteiger partial charge in [0.1, 0.15) is 0 Å². The van der Waals surface area contributed by atoms with E-state index in [0.29, 0.717) is 10.2 Å². The Morgan fingerprint density at radius 2 is 1.78 bits per heavy atom. The summed E-state index contributed by atoms with van der Waals surface area (Å²) in [7, 11) is 0. The lowest BCUT2D eigenvalue weighted by Gasteiger charge is -2.19. The minimum Gasteiger partial charge on any atom is -0.301 e. The second-order valence-corrected chi connectivity index (χ2v) is 11.4. The lowest BCUT2D eigenvalue weighted by molar-refractivity contribution is -0.113. The number of benzene rings is 3. The van der Waals surface area contributed by atoms with E-state index >= 15 is 0 Å². The second-order valence-electron chi connectivity index (χ2n) is 8.17. The number of nitrogens with one attached hydrogen (secondary N) is 2. The third kappa shape index (κ3) is 5.26.